The van der Waals surface area contributed by atoms with Crippen LogP contribution < -0.4 is 15.8 Å². The Labute approximate surface area is 128 Å². The molecule has 0 aromatic heterocycles. The Morgan fingerprint density at radius 2 is 1.91 bits per heavy atom. The second-order valence-corrected chi connectivity index (χ2v) is 5.92. The molecular weight excluding hydrogens is 294 g/mol. The van der Waals surface area contributed by atoms with Gasteiger partial charge in [0.1, 0.15) is 18.0 Å². The number of alkyl halides is 2. The number of carbonyl (C=O) groups excluding carboxylic acids is 1. The highest BCUT2D eigenvalue weighted by Crippen LogP contribution is 2.35. The van der Waals surface area contributed by atoms with E-state index in [0.29, 0.717) is 0 Å². The Hall–Kier alpha value is -2.05. The van der Waals surface area contributed by atoms with Crippen LogP contribution in [0.25, 0.3) is 0 Å². The van der Waals surface area contributed by atoms with E-state index < -0.39 is 17.6 Å². The quantitative estimate of drug-likeness (QED) is 0.646. The van der Waals surface area contributed by atoms with Gasteiger partial charge in [-0.3, -0.25) is 0 Å². The average Bonchev–Trinajstić information content (AvgIpc) is 2.32. The van der Waals surface area contributed by atoms with E-state index in [1.165, 1.54) is 18.2 Å². The fourth-order valence-corrected chi connectivity index (χ4v) is 1.64. The number of hydrogen-bond donors (Lipinski definition) is 2. The second kappa shape index (κ2) is 6.81. The van der Waals surface area contributed by atoms with Crippen LogP contribution in [0.4, 0.5) is 19.3 Å². The van der Waals surface area contributed by atoms with Crippen molar-refractivity contribution < 1.29 is 23.0 Å². The Balaban J connectivity index is 2.54. The Bertz CT molecular complexity index is 522. The zero-order chi connectivity index (χ0) is 17.0. The predicted molar refractivity (Wildman–Crippen MR) is 80.2 cm³/mol. The minimum absolute atomic E-state index is 0.0340. The number of alkyl carbamates (subject to hydrolysis) is 1. The van der Waals surface area contributed by atoms with Crippen LogP contribution in [0.3, 0.4) is 0 Å². The van der Waals surface area contributed by atoms with Crippen LogP contribution in [0.15, 0.2) is 18.2 Å². The van der Waals surface area contributed by atoms with E-state index in [9.17, 15) is 13.6 Å². The lowest BCUT2D eigenvalue weighted by atomic mass is 10.1. The number of rotatable bonds is 5. The van der Waals surface area contributed by atoms with Gasteiger partial charge in [0.05, 0.1) is 12.1 Å². The lowest BCUT2D eigenvalue weighted by Crippen LogP contribution is -2.34. The summed E-state index contributed by atoms with van der Waals surface area (Å²) in [6, 6.07) is 4.04. The first-order chi connectivity index (χ1) is 9.99. The van der Waals surface area contributed by atoms with Crippen molar-refractivity contribution in [3.05, 3.63) is 23.8 Å². The monoisotopic (exact) mass is 316 g/mol. The van der Waals surface area contributed by atoms with Crippen molar-refractivity contribution in [2.45, 2.75) is 39.2 Å². The Kier molecular flexibility index (Phi) is 5.57. The van der Waals surface area contributed by atoms with E-state index in [0.717, 1.165) is 6.92 Å². The summed E-state index contributed by atoms with van der Waals surface area (Å²) < 4.78 is 37.3. The molecule has 0 spiro atoms. The molecule has 1 rings (SSSR count). The maximum absolute atomic E-state index is 13.5. The van der Waals surface area contributed by atoms with E-state index in [4.69, 9.17) is 15.2 Å². The number of carbonyl (C=O) groups is 1. The molecule has 3 N–H and O–H groups in total. The summed E-state index contributed by atoms with van der Waals surface area (Å²) in [5.74, 6) is -3.03. The van der Waals surface area contributed by atoms with Crippen molar-refractivity contribution in [3.8, 4) is 5.75 Å². The Morgan fingerprint density at radius 1 is 1.27 bits per heavy atom. The van der Waals surface area contributed by atoms with Crippen LogP contribution in [-0.4, -0.2) is 24.8 Å². The van der Waals surface area contributed by atoms with Crippen LogP contribution in [-0.2, 0) is 10.7 Å². The van der Waals surface area contributed by atoms with Gasteiger partial charge in [0, 0.05) is 12.6 Å². The topological polar surface area (TPSA) is 73.6 Å². The van der Waals surface area contributed by atoms with Crippen LogP contribution in [0, 0.1) is 0 Å². The van der Waals surface area contributed by atoms with Gasteiger partial charge in [-0.1, -0.05) is 0 Å². The van der Waals surface area contributed by atoms with Crippen LogP contribution in [0.5, 0.6) is 5.75 Å². The van der Waals surface area contributed by atoms with Crippen molar-refractivity contribution in [3.63, 3.8) is 0 Å². The summed E-state index contributed by atoms with van der Waals surface area (Å²) in [6.07, 6.45) is -0.588. The average molecular weight is 316 g/mol. The summed E-state index contributed by atoms with van der Waals surface area (Å²) in [6.45, 7) is 6.17. The van der Waals surface area contributed by atoms with E-state index in [2.05, 4.69) is 5.32 Å². The molecule has 1 aromatic rings. The molecule has 5 nitrogen and oxygen atoms in total. The molecule has 0 bridgehead atoms. The molecule has 0 aliphatic carbocycles. The molecule has 0 saturated carbocycles. The van der Waals surface area contributed by atoms with Crippen LogP contribution >= 0.6 is 0 Å². The zero-order valence-corrected chi connectivity index (χ0v) is 13.2. The molecule has 0 heterocycles. The first-order valence-electron chi connectivity index (χ1n) is 6.86. The molecule has 22 heavy (non-hydrogen) atoms. The molecule has 1 aromatic carbocycles. The predicted octanol–water partition coefficient (Wildman–Crippen LogP) is 3.28. The number of nitrogens with two attached hydrogens (primary N) is 1. The Morgan fingerprint density at radius 3 is 2.45 bits per heavy atom. The minimum Gasteiger partial charge on any atom is -0.491 e. The first kappa shape index (κ1) is 18.0. The minimum atomic E-state index is -3.07. The highest BCUT2D eigenvalue weighted by molar-refractivity contribution is 5.67. The summed E-state index contributed by atoms with van der Waals surface area (Å²) in [5, 5.41) is 2.48. The summed E-state index contributed by atoms with van der Waals surface area (Å²) in [5.41, 5.74) is 4.86. The van der Waals surface area contributed by atoms with E-state index in [1.807, 2.05) is 0 Å². The van der Waals surface area contributed by atoms with Gasteiger partial charge in [0.15, 0.2) is 0 Å². The third kappa shape index (κ3) is 6.15. The van der Waals surface area contributed by atoms with E-state index >= 15 is 0 Å². The number of ether oxygens (including phenoxy) is 2. The van der Waals surface area contributed by atoms with Crippen molar-refractivity contribution in [1.29, 1.82) is 0 Å². The van der Waals surface area contributed by atoms with Gasteiger partial charge < -0.3 is 20.5 Å². The number of amides is 1. The van der Waals surface area contributed by atoms with Crippen LogP contribution in [0.2, 0.25) is 0 Å². The molecule has 0 radical (unpaired) electrons. The molecule has 0 aliphatic rings. The molecule has 0 saturated heterocycles. The highest BCUT2D eigenvalue weighted by Gasteiger charge is 2.28. The number of benzene rings is 1. The molecule has 0 fully saturated rings. The molecule has 0 aliphatic heterocycles. The summed E-state index contributed by atoms with van der Waals surface area (Å²) in [4.78, 5) is 11.4. The first-order valence-corrected chi connectivity index (χ1v) is 6.86. The molecule has 1 amide bonds. The fraction of sp³-hybridized carbons (Fsp3) is 0.533. The number of halogens is 2. The fourth-order valence-electron chi connectivity index (χ4n) is 1.64. The van der Waals surface area contributed by atoms with Gasteiger partial charge in [-0.2, -0.15) is 0 Å². The summed E-state index contributed by atoms with van der Waals surface area (Å²) >= 11 is 0. The standard InChI is InChI=1S/C15H22F2N2O3/c1-14(2,3)22-13(20)19-7-8-21-12-6-5-10(18)9-11(12)15(4,16)17/h5-6,9H,7-8,18H2,1-4H3,(H,19,20). The van der Waals surface area contributed by atoms with Gasteiger partial charge in [0.2, 0.25) is 0 Å². The van der Waals surface area contributed by atoms with Crippen molar-refractivity contribution in [2.24, 2.45) is 0 Å². The van der Waals surface area contributed by atoms with Crippen molar-refractivity contribution >= 4 is 11.8 Å². The molecular formula is C15H22F2N2O3. The number of hydrogen-bond acceptors (Lipinski definition) is 4. The van der Waals surface area contributed by atoms with Gasteiger partial charge in [-0.15, -0.1) is 0 Å². The molecule has 0 atom stereocenters. The summed E-state index contributed by atoms with van der Waals surface area (Å²) in [7, 11) is 0. The number of nitrogens with one attached hydrogen (secondary N) is 1. The lowest BCUT2D eigenvalue weighted by Gasteiger charge is -2.20. The van der Waals surface area contributed by atoms with Crippen molar-refractivity contribution in [1.82, 2.24) is 5.32 Å². The smallest absolute Gasteiger partial charge is 0.407 e. The molecule has 7 heteroatoms. The maximum Gasteiger partial charge on any atom is 0.407 e. The number of anilines is 1. The third-order valence-electron chi connectivity index (χ3n) is 2.50. The SMILES string of the molecule is CC(C)(C)OC(=O)NCCOc1ccc(N)cc1C(C)(F)F. The molecule has 124 valence electrons. The van der Waals surface area contributed by atoms with E-state index in [1.54, 1.807) is 20.8 Å². The van der Waals surface area contributed by atoms with Gasteiger partial charge in [0.25, 0.3) is 5.92 Å². The largest absolute Gasteiger partial charge is 0.491 e. The highest BCUT2D eigenvalue weighted by atomic mass is 19.3. The number of nitrogen functional groups attached to an aromatic ring is 1. The second-order valence-electron chi connectivity index (χ2n) is 5.92. The maximum atomic E-state index is 13.5. The van der Waals surface area contributed by atoms with Gasteiger partial charge in [-0.25, -0.2) is 13.6 Å². The van der Waals surface area contributed by atoms with E-state index in [-0.39, 0.29) is 30.2 Å². The lowest BCUT2D eigenvalue weighted by molar-refractivity contribution is 0.0144. The van der Waals surface area contributed by atoms with Crippen LogP contribution in [0.1, 0.15) is 33.3 Å². The third-order valence-corrected chi connectivity index (χ3v) is 2.50. The normalized spacial score (nSPS) is 11.9. The van der Waals surface area contributed by atoms with Crippen molar-refractivity contribution in [2.75, 3.05) is 18.9 Å². The van der Waals surface area contributed by atoms with Gasteiger partial charge in [-0.05, 0) is 39.0 Å². The molecule has 0 unspecified atom stereocenters. The zero-order valence-electron chi connectivity index (χ0n) is 13.2. The van der Waals surface area contributed by atoms with Gasteiger partial charge >= 0.3 is 6.09 Å².